The van der Waals surface area contributed by atoms with E-state index in [4.69, 9.17) is 0 Å². The van der Waals surface area contributed by atoms with Crippen LogP contribution in [0.2, 0.25) is 11.6 Å². The summed E-state index contributed by atoms with van der Waals surface area (Å²) in [4.78, 5) is 0. The second-order valence-electron chi connectivity index (χ2n) is 4.55. The summed E-state index contributed by atoms with van der Waals surface area (Å²) in [6, 6.07) is 0.244. The van der Waals surface area contributed by atoms with Gasteiger partial charge in [-0.05, 0) is 18.9 Å². The van der Waals surface area contributed by atoms with Crippen LogP contribution in [0.5, 0.6) is 0 Å². The number of hydrogen-bond donors (Lipinski definition) is 0. The molecular formula is C11H22F2Si. The SMILES string of the molecule is CCCC[Si](F)(F)C1CCCCCC1. The smallest absolute Gasteiger partial charge is 0.270 e. The lowest BCUT2D eigenvalue weighted by Crippen LogP contribution is -2.29. The molecule has 1 aliphatic rings. The Kier molecular flexibility index (Phi) is 5.06. The molecule has 0 aromatic carbocycles. The van der Waals surface area contributed by atoms with Crippen LogP contribution < -0.4 is 0 Å². The van der Waals surface area contributed by atoms with Crippen molar-refractivity contribution in [2.45, 2.75) is 69.9 Å². The number of hydrogen-bond acceptors (Lipinski definition) is 0. The van der Waals surface area contributed by atoms with Crippen LogP contribution in [0, 0.1) is 0 Å². The Hall–Kier alpha value is 0.0769. The van der Waals surface area contributed by atoms with E-state index >= 15 is 0 Å². The first kappa shape index (κ1) is 12.1. The molecule has 1 saturated carbocycles. The molecule has 1 fully saturated rings. The lowest BCUT2D eigenvalue weighted by molar-refractivity contribution is 0.499. The zero-order valence-corrected chi connectivity index (χ0v) is 10.2. The van der Waals surface area contributed by atoms with Gasteiger partial charge in [-0.15, -0.1) is 0 Å². The van der Waals surface area contributed by atoms with Gasteiger partial charge >= 0.3 is 8.74 Å². The van der Waals surface area contributed by atoms with Crippen molar-refractivity contribution in [3.05, 3.63) is 0 Å². The Morgan fingerprint density at radius 1 is 1.07 bits per heavy atom. The van der Waals surface area contributed by atoms with Crippen molar-refractivity contribution in [3.63, 3.8) is 0 Å². The van der Waals surface area contributed by atoms with E-state index in [2.05, 4.69) is 0 Å². The van der Waals surface area contributed by atoms with Crippen LogP contribution in [-0.4, -0.2) is 8.74 Å². The summed E-state index contributed by atoms with van der Waals surface area (Å²) in [6.45, 7) is 2.00. The fraction of sp³-hybridized carbons (Fsp3) is 1.00. The minimum atomic E-state index is -3.86. The molecular weight excluding hydrogens is 198 g/mol. The van der Waals surface area contributed by atoms with E-state index in [1.54, 1.807) is 0 Å². The summed E-state index contributed by atoms with van der Waals surface area (Å²) in [6.07, 6.45) is 7.69. The lowest BCUT2D eigenvalue weighted by Gasteiger charge is -2.22. The molecule has 0 radical (unpaired) electrons. The maximum atomic E-state index is 13.8. The van der Waals surface area contributed by atoms with Gasteiger partial charge in [0.2, 0.25) is 0 Å². The van der Waals surface area contributed by atoms with Gasteiger partial charge in [0.25, 0.3) is 0 Å². The van der Waals surface area contributed by atoms with Gasteiger partial charge in [-0.2, -0.15) is 0 Å². The number of unbranched alkanes of at least 4 members (excludes halogenated alkanes) is 1. The fourth-order valence-electron chi connectivity index (χ4n) is 2.32. The van der Waals surface area contributed by atoms with Gasteiger partial charge in [-0.3, -0.25) is 8.22 Å². The third-order valence-electron chi connectivity index (χ3n) is 3.32. The van der Waals surface area contributed by atoms with Crippen LogP contribution >= 0.6 is 0 Å². The summed E-state index contributed by atoms with van der Waals surface area (Å²) >= 11 is 0. The summed E-state index contributed by atoms with van der Waals surface area (Å²) in [5.41, 5.74) is -0.184. The maximum Gasteiger partial charge on any atom is 0.427 e. The van der Waals surface area contributed by atoms with Crippen molar-refractivity contribution in [2.24, 2.45) is 0 Å². The molecule has 0 heterocycles. The molecule has 1 aliphatic carbocycles. The quantitative estimate of drug-likeness (QED) is 0.359. The normalized spacial score (nSPS) is 20.8. The molecule has 84 valence electrons. The number of rotatable bonds is 4. The minimum Gasteiger partial charge on any atom is -0.270 e. The highest BCUT2D eigenvalue weighted by Crippen LogP contribution is 2.40. The predicted octanol–water partition coefficient (Wildman–Crippen LogP) is 4.89. The highest BCUT2D eigenvalue weighted by molar-refractivity contribution is 6.67. The highest BCUT2D eigenvalue weighted by Gasteiger charge is 2.43. The van der Waals surface area contributed by atoms with Gasteiger partial charge in [0.15, 0.2) is 0 Å². The average Bonchev–Trinajstić information content (AvgIpc) is 2.43. The van der Waals surface area contributed by atoms with E-state index in [1.807, 2.05) is 6.92 Å². The molecule has 3 heteroatoms. The van der Waals surface area contributed by atoms with Gasteiger partial charge in [0, 0.05) is 5.54 Å². The van der Waals surface area contributed by atoms with E-state index < -0.39 is 8.74 Å². The van der Waals surface area contributed by atoms with E-state index in [-0.39, 0.29) is 11.6 Å². The minimum absolute atomic E-state index is 0.184. The Morgan fingerprint density at radius 3 is 2.14 bits per heavy atom. The molecule has 0 bridgehead atoms. The Bertz CT molecular complexity index is 151. The standard InChI is InChI=1S/C11H22F2Si/c1-2-3-10-14(12,13)11-8-6-4-5-7-9-11/h11H,2-10H2,1H3. The molecule has 0 unspecified atom stereocenters. The molecule has 0 N–H and O–H groups in total. The first-order valence-electron chi connectivity index (χ1n) is 6.04. The van der Waals surface area contributed by atoms with Crippen molar-refractivity contribution in [3.8, 4) is 0 Å². The third kappa shape index (κ3) is 3.68. The second-order valence-corrected chi connectivity index (χ2v) is 7.39. The van der Waals surface area contributed by atoms with Gasteiger partial charge in [-0.1, -0.05) is 45.4 Å². The van der Waals surface area contributed by atoms with Crippen molar-refractivity contribution >= 4 is 8.74 Å². The predicted molar refractivity (Wildman–Crippen MR) is 59.1 cm³/mol. The molecule has 0 aromatic heterocycles. The molecule has 0 aliphatic heterocycles. The molecule has 1 rings (SSSR count). The largest absolute Gasteiger partial charge is 0.427 e. The Balaban J connectivity index is 2.41. The molecule has 0 nitrogen and oxygen atoms in total. The molecule has 0 amide bonds. The van der Waals surface area contributed by atoms with Crippen LogP contribution in [0.3, 0.4) is 0 Å². The van der Waals surface area contributed by atoms with E-state index in [1.165, 1.54) is 12.8 Å². The summed E-state index contributed by atoms with van der Waals surface area (Å²) in [7, 11) is -3.86. The molecule has 0 atom stereocenters. The van der Waals surface area contributed by atoms with Crippen molar-refractivity contribution in [2.75, 3.05) is 0 Å². The topological polar surface area (TPSA) is 0 Å². The first-order valence-corrected chi connectivity index (χ1v) is 8.08. The van der Waals surface area contributed by atoms with Crippen molar-refractivity contribution < 1.29 is 8.22 Å². The zero-order valence-electron chi connectivity index (χ0n) is 9.20. The van der Waals surface area contributed by atoms with Gasteiger partial charge < -0.3 is 0 Å². The second kappa shape index (κ2) is 5.84. The summed E-state index contributed by atoms with van der Waals surface area (Å²) in [5.74, 6) is 0. The number of halogens is 2. The van der Waals surface area contributed by atoms with E-state index in [0.29, 0.717) is 0 Å². The van der Waals surface area contributed by atoms with Crippen LogP contribution in [-0.2, 0) is 0 Å². The molecule has 0 spiro atoms. The fourth-order valence-corrected chi connectivity index (χ4v) is 4.80. The summed E-state index contributed by atoms with van der Waals surface area (Å²) < 4.78 is 27.6. The molecule has 0 saturated heterocycles. The van der Waals surface area contributed by atoms with Crippen LogP contribution in [0.1, 0.15) is 58.3 Å². The van der Waals surface area contributed by atoms with Crippen LogP contribution in [0.25, 0.3) is 0 Å². The molecule has 0 aromatic rings. The monoisotopic (exact) mass is 220 g/mol. The van der Waals surface area contributed by atoms with Crippen LogP contribution in [0.4, 0.5) is 8.22 Å². The Labute approximate surface area is 87.4 Å². The van der Waals surface area contributed by atoms with Gasteiger partial charge in [-0.25, -0.2) is 0 Å². The van der Waals surface area contributed by atoms with Gasteiger partial charge in [0.1, 0.15) is 0 Å². The first-order chi connectivity index (χ1) is 6.67. The average molecular weight is 220 g/mol. The highest BCUT2D eigenvalue weighted by atomic mass is 28.4. The van der Waals surface area contributed by atoms with E-state index in [0.717, 1.165) is 38.5 Å². The summed E-state index contributed by atoms with van der Waals surface area (Å²) in [5, 5.41) is 0. The molecule has 14 heavy (non-hydrogen) atoms. The van der Waals surface area contributed by atoms with E-state index in [9.17, 15) is 8.22 Å². The maximum absolute atomic E-state index is 13.8. The van der Waals surface area contributed by atoms with Crippen molar-refractivity contribution in [1.82, 2.24) is 0 Å². The van der Waals surface area contributed by atoms with Crippen LogP contribution in [0.15, 0.2) is 0 Å². The zero-order chi connectivity index (χ0) is 10.4. The third-order valence-corrected chi connectivity index (χ3v) is 6.11. The van der Waals surface area contributed by atoms with Gasteiger partial charge in [0.05, 0.1) is 0 Å². The lowest BCUT2D eigenvalue weighted by atomic mass is 10.2. The Morgan fingerprint density at radius 2 is 1.64 bits per heavy atom. The van der Waals surface area contributed by atoms with Crippen molar-refractivity contribution in [1.29, 1.82) is 0 Å².